The molecule has 1 N–H and O–H groups in total. The Kier molecular flexibility index (Phi) is 4.37. The van der Waals surface area contributed by atoms with Gasteiger partial charge in [0.05, 0.1) is 12.2 Å². The van der Waals surface area contributed by atoms with Gasteiger partial charge in [0.25, 0.3) is 0 Å². The molecule has 0 saturated carbocycles. The van der Waals surface area contributed by atoms with Crippen LogP contribution in [0.2, 0.25) is 0 Å². The minimum absolute atomic E-state index is 0.379. The third kappa shape index (κ3) is 3.53. The molecular formula is C15H17N5S. The van der Waals surface area contributed by atoms with Crippen molar-refractivity contribution in [1.82, 2.24) is 25.5 Å². The van der Waals surface area contributed by atoms with Crippen molar-refractivity contribution >= 4 is 11.3 Å². The number of nitrogens with one attached hydrogen (secondary N) is 1. The van der Waals surface area contributed by atoms with Crippen molar-refractivity contribution in [3.8, 4) is 5.69 Å². The molecule has 0 amide bonds. The van der Waals surface area contributed by atoms with Crippen molar-refractivity contribution in [1.29, 1.82) is 0 Å². The van der Waals surface area contributed by atoms with E-state index in [2.05, 4.69) is 45.3 Å². The first-order chi connectivity index (χ1) is 10.3. The first kappa shape index (κ1) is 13.9. The van der Waals surface area contributed by atoms with E-state index in [0.717, 1.165) is 17.9 Å². The Morgan fingerprint density at radius 3 is 2.81 bits per heavy atom. The van der Waals surface area contributed by atoms with Crippen LogP contribution in [-0.4, -0.2) is 26.2 Å². The summed E-state index contributed by atoms with van der Waals surface area (Å²) >= 11 is 1.79. The number of nitrogens with zero attached hydrogens (tertiary/aromatic N) is 4. The maximum atomic E-state index is 4.10. The van der Waals surface area contributed by atoms with Gasteiger partial charge in [0, 0.05) is 10.9 Å². The SMILES string of the molecule is CC(Cc1cccs1)NCc1nnnn1-c1ccccc1. The van der Waals surface area contributed by atoms with Crippen LogP contribution in [0.3, 0.4) is 0 Å². The van der Waals surface area contributed by atoms with E-state index >= 15 is 0 Å². The molecule has 0 spiro atoms. The molecule has 21 heavy (non-hydrogen) atoms. The van der Waals surface area contributed by atoms with Gasteiger partial charge in [0.15, 0.2) is 5.82 Å². The van der Waals surface area contributed by atoms with Crippen molar-refractivity contribution in [3.63, 3.8) is 0 Å². The van der Waals surface area contributed by atoms with Crippen LogP contribution in [0, 0.1) is 0 Å². The Labute approximate surface area is 127 Å². The van der Waals surface area contributed by atoms with Gasteiger partial charge in [0.1, 0.15) is 0 Å². The van der Waals surface area contributed by atoms with Gasteiger partial charge in [-0.05, 0) is 47.4 Å². The topological polar surface area (TPSA) is 55.6 Å². The maximum Gasteiger partial charge on any atom is 0.170 e. The van der Waals surface area contributed by atoms with Crippen LogP contribution < -0.4 is 5.32 Å². The zero-order chi connectivity index (χ0) is 14.5. The monoisotopic (exact) mass is 299 g/mol. The first-order valence-corrected chi connectivity index (χ1v) is 7.79. The van der Waals surface area contributed by atoms with Gasteiger partial charge in [0.2, 0.25) is 0 Å². The van der Waals surface area contributed by atoms with Gasteiger partial charge in [-0.3, -0.25) is 0 Å². The molecule has 3 aromatic rings. The number of hydrogen-bond acceptors (Lipinski definition) is 5. The number of rotatable bonds is 6. The largest absolute Gasteiger partial charge is 0.307 e. The molecular weight excluding hydrogens is 282 g/mol. The van der Waals surface area contributed by atoms with Crippen LogP contribution in [-0.2, 0) is 13.0 Å². The Morgan fingerprint density at radius 2 is 2.05 bits per heavy atom. The Bertz CT molecular complexity index is 662. The molecule has 1 atom stereocenters. The summed E-state index contributed by atoms with van der Waals surface area (Å²) in [6.07, 6.45) is 1.02. The van der Waals surface area contributed by atoms with E-state index in [1.54, 1.807) is 16.0 Å². The molecule has 2 heterocycles. The van der Waals surface area contributed by atoms with Crippen molar-refractivity contribution in [2.75, 3.05) is 0 Å². The van der Waals surface area contributed by atoms with Crippen molar-refractivity contribution < 1.29 is 0 Å². The third-order valence-corrected chi connectivity index (χ3v) is 4.13. The summed E-state index contributed by atoms with van der Waals surface area (Å²) in [6, 6.07) is 14.6. The molecule has 0 radical (unpaired) electrons. The maximum absolute atomic E-state index is 4.10. The van der Waals surface area contributed by atoms with E-state index in [0.29, 0.717) is 12.6 Å². The molecule has 2 aromatic heterocycles. The fraction of sp³-hybridized carbons (Fsp3) is 0.267. The van der Waals surface area contributed by atoms with Crippen LogP contribution >= 0.6 is 11.3 Å². The molecule has 0 aliphatic rings. The zero-order valence-electron chi connectivity index (χ0n) is 11.8. The van der Waals surface area contributed by atoms with Gasteiger partial charge < -0.3 is 5.32 Å². The van der Waals surface area contributed by atoms with Crippen LogP contribution in [0.15, 0.2) is 47.8 Å². The fourth-order valence-corrected chi connectivity index (χ4v) is 2.99. The number of hydrogen-bond donors (Lipinski definition) is 1. The third-order valence-electron chi connectivity index (χ3n) is 3.23. The summed E-state index contributed by atoms with van der Waals surface area (Å²) in [6.45, 7) is 2.82. The van der Waals surface area contributed by atoms with Gasteiger partial charge >= 0.3 is 0 Å². The summed E-state index contributed by atoms with van der Waals surface area (Å²) < 4.78 is 1.77. The zero-order valence-corrected chi connectivity index (χ0v) is 12.6. The molecule has 108 valence electrons. The molecule has 0 saturated heterocycles. The van der Waals surface area contributed by atoms with E-state index in [-0.39, 0.29) is 0 Å². The molecule has 1 aromatic carbocycles. The van der Waals surface area contributed by atoms with E-state index < -0.39 is 0 Å². The second-order valence-corrected chi connectivity index (χ2v) is 5.94. The highest BCUT2D eigenvalue weighted by Gasteiger charge is 2.10. The Hall–Kier alpha value is -2.05. The van der Waals surface area contributed by atoms with Gasteiger partial charge in [-0.2, -0.15) is 4.68 Å². The second kappa shape index (κ2) is 6.60. The molecule has 3 rings (SSSR count). The lowest BCUT2D eigenvalue weighted by molar-refractivity contribution is 0.529. The molecule has 1 unspecified atom stereocenters. The summed E-state index contributed by atoms with van der Waals surface area (Å²) in [5.74, 6) is 0.819. The van der Waals surface area contributed by atoms with Crippen molar-refractivity contribution in [2.24, 2.45) is 0 Å². The molecule has 0 fully saturated rings. The Balaban J connectivity index is 1.62. The quantitative estimate of drug-likeness (QED) is 0.759. The van der Waals surface area contributed by atoms with Crippen LogP contribution in [0.4, 0.5) is 0 Å². The first-order valence-electron chi connectivity index (χ1n) is 6.91. The highest BCUT2D eigenvalue weighted by molar-refractivity contribution is 7.09. The highest BCUT2D eigenvalue weighted by Crippen LogP contribution is 2.11. The number of tetrazole rings is 1. The summed E-state index contributed by atoms with van der Waals surface area (Å²) in [5, 5.41) is 17.5. The number of aromatic nitrogens is 4. The van der Waals surface area contributed by atoms with Gasteiger partial charge in [-0.15, -0.1) is 16.4 Å². The summed E-state index contributed by atoms with van der Waals surface area (Å²) in [5.41, 5.74) is 0.977. The lowest BCUT2D eigenvalue weighted by Crippen LogP contribution is -2.28. The van der Waals surface area contributed by atoms with E-state index in [9.17, 15) is 0 Å². The normalized spacial score (nSPS) is 12.4. The van der Waals surface area contributed by atoms with Gasteiger partial charge in [-0.1, -0.05) is 24.3 Å². The van der Waals surface area contributed by atoms with E-state index in [1.165, 1.54) is 4.88 Å². The summed E-state index contributed by atoms with van der Waals surface area (Å²) in [7, 11) is 0. The molecule has 5 nitrogen and oxygen atoms in total. The lowest BCUT2D eigenvalue weighted by Gasteiger charge is -2.12. The standard InChI is InChI=1S/C15H17N5S/c1-12(10-14-8-5-9-21-14)16-11-15-17-18-19-20(15)13-6-3-2-4-7-13/h2-9,12,16H,10-11H2,1H3. The molecule has 0 aliphatic carbocycles. The minimum Gasteiger partial charge on any atom is -0.307 e. The van der Waals surface area contributed by atoms with Crippen LogP contribution in [0.5, 0.6) is 0 Å². The predicted octanol–water partition coefficient (Wildman–Crippen LogP) is 2.44. The highest BCUT2D eigenvalue weighted by atomic mass is 32.1. The van der Waals surface area contributed by atoms with Crippen LogP contribution in [0.1, 0.15) is 17.6 Å². The number of benzene rings is 1. The fourth-order valence-electron chi connectivity index (χ4n) is 2.15. The van der Waals surface area contributed by atoms with E-state index in [1.807, 2.05) is 30.3 Å². The minimum atomic E-state index is 0.379. The summed E-state index contributed by atoms with van der Waals surface area (Å²) in [4.78, 5) is 1.39. The number of para-hydroxylation sites is 1. The van der Waals surface area contributed by atoms with Crippen LogP contribution in [0.25, 0.3) is 5.69 Å². The number of thiophene rings is 1. The predicted molar refractivity (Wildman–Crippen MR) is 83.5 cm³/mol. The van der Waals surface area contributed by atoms with E-state index in [4.69, 9.17) is 0 Å². The van der Waals surface area contributed by atoms with Crippen molar-refractivity contribution in [2.45, 2.75) is 25.9 Å². The van der Waals surface area contributed by atoms with Gasteiger partial charge in [-0.25, -0.2) is 0 Å². The molecule has 0 bridgehead atoms. The second-order valence-electron chi connectivity index (χ2n) is 4.91. The smallest absolute Gasteiger partial charge is 0.170 e. The Morgan fingerprint density at radius 1 is 1.19 bits per heavy atom. The lowest BCUT2D eigenvalue weighted by atomic mass is 10.2. The average molecular weight is 299 g/mol. The average Bonchev–Trinajstić information content (AvgIpc) is 3.17. The molecule has 0 aliphatic heterocycles. The molecule has 6 heteroatoms. The van der Waals surface area contributed by atoms with Crippen molar-refractivity contribution in [3.05, 3.63) is 58.5 Å².